The van der Waals surface area contributed by atoms with Gasteiger partial charge in [0.1, 0.15) is 0 Å². The maximum absolute atomic E-state index is 11.1. The molecule has 0 aliphatic carbocycles. The Bertz CT molecular complexity index is 201. The van der Waals surface area contributed by atoms with Gasteiger partial charge in [0, 0.05) is 12.5 Å². The van der Waals surface area contributed by atoms with E-state index < -0.39 is 0 Å². The summed E-state index contributed by atoms with van der Waals surface area (Å²) in [5.74, 6) is 5.54. The molecule has 0 spiro atoms. The van der Waals surface area contributed by atoms with E-state index in [9.17, 15) is 4.79 Å². The number of carbonyl (C=O) groups is 1. The normalized spacial score (nSPS) is 11.3. The van der Waals surface area contributed by atoms with Crippen LogP contribution >= 0.6 is 0 Å². The minimum atomic E-state index is 0.0587. The zero-order valence-corrected chi connectivity index (χ0v) is 8.39. The molecule has 0 aromatic carbocycles. The third kappa shape index (κ3) is 8.90. The van der Waals surface area contributed by atoms with Crippen LogP contribution in [0.25, 0.3) is 0 Å². The fourth-order valence-corrected chi connectivity index (χ4v) is 0.904. The molecule has 0 aromatic heterocycles. The summed E-state index contributed by atoms with van der Waals surface area (Å²) in [5.41, 5.74) is 5.55. The van der Waals surface area contributed by atoms with Crippen molar-refractivity contribution in [3.8, 4) is 11.8 Å². The highest BCUT2D eigenvalue weighted by Gasteiger charge is 2.00. The maximum atomic E-state index is 11.1. The molecule has 0 rings (SSSR count). The molecular weight excluding hydrogens is 164 g/mol. The molecule has 0 fully saturated rings. The SMILES string of the molecule is CC#CCNC(=O)CCCC(C)N. The van der Waals surface area contributed by atoms with Crippen LogP contribution in [-0.4, -0.2) is 18.5 Å². The van der Waals surface area contributed by atoms with E-state index in [4.69, 9.17) is 5.73 Å². The highest BCUT2D eigenvalue weighted by Crippen LogP contribution is 1.97. The van der Waals surface area contributed by atoms with Crippen LogP contribution in [0.15, 0.2) is 0 Å². The molecule has 0 aliphatic rings. The second kappa shape index (κ2) is 7.63. The van der Waals surface area contributed by atoms with Crippen LogP contribution in [0, 0.1) is 11.8 Å². The maximum Gasteiger partial charge on any atom is 0.220 e. The smallest absolute Gasteiger partial charge is 0.220 e. The predicted molar refractivity (Wildman–Crippen MR) is 54.0 cm³/mol. The molecular formula is C10H18N2O. The van der Waals surface area contributed by atoms with Crippen LogP contribution in [0.2, 0.25) is 0 Å². The van der Waals surface area contributed by atoms with E-state index >= 15 is 0 Å². The third-order valence-corrected chi connectivity index (χ3v) is 1.61. The Morgan fingerprint density at radius 2 is 2.31 bits per heavy atom. The Labute approximate surface area is 80.1 Å². The van der Waals surface area contributed by atoms with E-state index in [0.29, 0.717) is 13.0 Å². The second-order valence-electron chi connectivity index (χ2n) is 3.07. The molecule has 1 amide bonds. The molecule has 0 aliphatic heterocycles. The monoisotopic (exact) mass is 182 g/mol. The number of hydrogen-bond donors (Lipinski definition) is 2. The molecule has 0 heterocycles. The van der Waals surface area contributed by atoms with Gasteiger partial charge in [-0.15, -0.1) is 5.92 Å². The first kappa shape index (κ1) is 12.0. The lowest BCUT2D eigenvalue weighted by Crippen LogP contribution is -2.24. The highest BCUT2D eigenvalue weighted by molar-refractivity contribution is 5.76. The number of nitrogens with one attached hydrogen (secondary N) is 1. The van der Waals surface area contributed by atoms with Crippen molar-refractivity contribution in [2.45, 2.75) is 39.2 Å². The van der Waals surface area contributed by atoms with Crippen molar-refractivity contribution in [3.63, 3.8) is 0 Å². The van der Waals surface area contributed by atoms with Gasteiger partial charge in [0.15, 0.2) is 0 Å². The fourth-order valence-electron chi connectivity index (χ4n) is 0.904. The van der Waals surface area contributed by atoms with Crippen molar-refractivity contribution >= 4 is 5.91 Å². The van der Waals surface area contributed by atoms with E-state index in [0.717, 1.165) is 12.8 Å². The van der Waals surface area contributed by atoms with Crippen LogP contribution in [0.4, 0.5) is 0 Å². The van der Waals surface area contributed by atoms with Gasteiger partial charge in [0.2, 0.25) is 5.91 Å². The number of carbonyl (C=O) groups excluding carboxylic acids is 1. The average molecular weight is 182 g/mol. The van der Waals surface area contributed by atoms with Gasteiger partial charge in [0.25, 0.3) is 0 Å². The quantitative estimate of drug-likeness (QED) is 0.613. The van der Waals surface area contributed by atoms with Crippen molar-refractivity contribution in [1.82, 2.24) is 5.32 Å². The van der Waals surface area contributed by atoms with Crippen LogP contribution in [0.3, 0.4) is 0 Å². The first-order valence-corrected chi connectivity index (χ1v) is 4.58. The zero-order chi connectivity index (χ0) is 10.1. The molecule has 3 heteroatoms. The first-order chi connectivity index (χ1) is 6.16. The van der Waals surface area contributed by atoms with Gasteiger partial charge in [-0.05, 0) is 26.7 Å². The number of hydrogen-bond acceptors (Lipinski definition) is 2. The summed E-state index contributed by atoms with van der Waals surface area (Å²) in [6, 6.07) is 0.184. The molecule has 0 aromatic rings. The van der Waals surface area contributed by atoms with Crippen LogP contribution < -0.4 is 11.1 Å². The standard InChI is InChI=1S/C10H18N2O/c1-3-4-8-12-10(13)7-5-6-9(2)11/h9H,5-8,11H2,1-2H3,(H,12,13). The zero-order valence-electron chi connectivity index (χ0n) is 8.39. The Morgan fingerprint density at radius 1 is 1.62 bits per heavy atom. The molecule has 13 heavy (non-hydrogen) atoms. The molecule has 0 saturated carbocycles. The predicted octanol–water partition coefficient (Wildman–Crippen LogP) is 0.643. The molecule has 3 N–H and O–H groups in total. The molecule has 0 saturated heterocycles. The fraction of sp³-hybridized carbons (Fsp3) is 0.700. The van der Waals surface area contributed by atoms with Crippen LogP contribution in [0.5, 0.6) is 0 Å². The van der Waals surface area contributed by atoms with Gasteiger partial charge in [-0.2, -0.15) is 0 Å². The van der Waals surface area contributed by atoms with Gasteiger partial charge in [-0.1, -0.05) is 5.92 Å². The van der Waals surface area contributed by atoms with Crippen LogP contribution in [-0.2, 0) is 4.79 Å². The summed E-state index contributed by atoms with van der Waals surface area (Å²) in [6.07, 6.45) is 2.29. The minimum absolute atomic E-state index is 0.0587. The molecule has 1 atom stereocenters. The topological polar surface area (TPSA) is 55.1 Å². The van der Waals surface area contributed by atoms with Crippen molar-refractivity contribution < 1.29 is 4.79 Å². The number of nitrogens with two attached hydrogens (primary N) is 1. The van der Waals surface area contributed by atoms with Gasteiger partial charge < -0.3 is 11.1 Å². The molecule has 0 bridgehead atoms. The molecule has 3 nitrogen and oxygen atoms in total. The summed E-state index contributed by atoms with van der Waals surface area (Å²) in [7, 11) is 0. The van der Waals surface area contributed by atoms with E-state index in [1.54, 1.807) is 6.92 Å². The van der Waals surface area contributed by atoms with Crippen molar-refractivity contribution in [1.29, 1.82) is 0 Å². The Kier molecular flexibility index (Phi) is 7.04. The van der Waals surface area contributed by atoms with Gasteiger partial charge in [-0.25, -0.2) is 0 Å². The van der Waals surface area contributed by atoms with Gasteiger partial charge in [0.05, 0.1) is 6.54 Å². The summed E-state index contributed by atoms with van der Waals surface area (Å²) in [6.45, 7) is 4.15. The van der Waals surface area contributed by atoms with Crippen molar-refractivity contribution in [2.24, 2.45) is 5.73 Å². The number of rotatable bonds is 5. The minimum Gasteiger partial charge on any atom is -0.345 e. The lowest BCUT2D eigenvalue weighted by atomic mass is 10.1. The van der Waals surface area contributed by atoms with Crippen molar-refractivity contribution in [2.75, 3.05) is 6.54 Å². The van der Waals surface area contributed by atoms with E-state index in [2.05, 4.69) is 17.2 Å². The van der Waals surface area contributed by atoms with E-state index in [1.807, 2.05) is 6.92 Å². The molecule has 1 unspecified atom stereocenters. The lowest BCUT2D eigenvalue weighted by molar-refractivity contribution is -0.120. The average Bonchev–Trinajstić information content (AvgIpc) is 2.04. The highest BCUT2D eigenvalue weighted by atomic mass is 16.1. The first-order valence-electron chi connectivity index (χ1n) is 4.58. The third-order valence-electron chi connectivity index (χ3n) is 1.61. The van der Waals surface area contributed by atoms with Gasteiger partial charge in [-0.3, -0.25) is 4.79 Å². The largest absolute Gasteiger partial charge is 0.345 e. The molecule has 74 valence electrons. The number of amides is 1. The molecule has 0 radical (unpaired) electrons. The van der Waals surface area contributed by atoms with E-state index in [1.165, 1.54) is 0 Å². The summed E-state index contributed by atoms with van der Waals surface area (Å²) < 4.78 is 0. The Hall–Kier alpha value is -1.01. The van der Waals surface area contributed by atoms with Crippen molar-refractivity contribution in [3.05, 3.63) is 0 Å². The van der Waals surface area contributed by atoms with Crippen LogP contribution in [0.1, 0.15) is 33.1 Å². The van der Waals surface area contributed by atoms with E-state index in [-0.39, 0.29) is 11.9 Å². The van der Waals surface area contributed by atoms with Gasteiger partial charge >= 0.3 is 0 Å². The Balaban J connectivity index is 3.34. The summed E-state index contributed by atoms with van der Waals surface area (Å²) in [4.78, 5) is 11.1. The summed E-state index contributed by atoms with van der Waals surface area (Å²) >= 11 is 0. The second-order valence-corrected chi connectivity index (χ2v) is 3.07. The summed E-state index contributed by atoms with van der Waals surface area (Å²) in [5, 5.41) is 2.70. The Morgan fingerprint density at radius 3 is 2.85 bits per heavy atom. The lowest BCUT2D eigenvalue weighted by Gasteiger charge is -2.03.